The molecule has 202 valence electrons. The second-order valence-electron chi connectivity index (χ2n) is 9.95. The van der Waals surface area contributed by atoms with E-state index in [1.165, 1.54) is 11.1 Å². The first-order valence-electron chi connectivity index (χ1n) is 13.0. The molecular weight excluding hydrogens is 482 g/mol. The van der Waals surface area contributed by atoms with Crippen LogP contribution in [-0.4, -0.2) is 71.3 Å². The van der Waals surface area contributed by atoms with Gasteiger partial charge in [-0.15, -0.1) is 10.2 Å². The maximum Gasteiger partial charge on any atom is 0.256 e. The fourth-order valence-electron chi connectivity index (χ4n) is 4.47. The maximum atomic E-state index is 13.5. The van der Waals surface area contributed by atoms with E-state index in [1.54, 1.807) is 19.0 Å². The molecule has 0 aliphatic carbocycles. The van der Waals surface area contributed by atoms with Crippen LogP contribution in [-0.2, 0) is 22.7 Å². The van der Waals surface area contributed by atoms with Crippen LogP contribution in [0, 0.1) is 13.8 Å². The Labute approximate surface area is 224 Å². The van der Waals surface area contributed by atoms with Gasteiger partial charge in [0.05, 0.1) is 13.1 Å². The average molecular weight is 520 g/mol. The van der Waals surface area contributed by atoms with E-state index in [1.807, 2.05) is 47.2 Å². The van der Waals surface area contributed by atoms with Gasteiger partial charge in [-0.1, -0.05) is 44.2 Å². The fraction of sp³-hybridized carbons (Fsp3) is 0.429. The molecule has 3 aromatic rings. The number of aromatic nitrogens is 2. The summed E-state index contributed by atoms with van der Waals surface area (Å²) >= 11 is 0. The second kappa shape index (κ2) is 12.2. The van der Waals surface area contributed by atoms with Crippen LogP contribution in [0.1, 0.15) is 36.4 Å². The Morgan fingerprint density at radius 2 is 1.74 bits per heavy atom. The minimum atomic E-state index is -0.155. The van der Waals surface area contributed by atoms with E-state index in [0.717, 1.165) is 16.8 Å². The number of aryl methyl sites for hydroxylation is 2. The van der Waals surface area contributed by atoms with Crippen molar-refractivity contribution in [3.63, 3.8) is 0 Å². The molecule has 1 aliphatic rings. The highest BCUT2D eigenvalue weighted by molar-refractivity contribution is 5.87. The number of carbonyl (C=O) groups excluding carboxylic acids is 2. The number of hydrogen-bond donors (Lipinski definition) is 2. The number of nitrogens with one attached hydrogen (secondary N) is 2. The number of hydrazine groups is 1. The molecule has 0 unspecified atom stereocenters. The molecule has 0 bridgehead atoms. The van der Waals surface area contributed by atoms with Gasteiger partial charge in [-0.3, -0.25) is 14.6 Å². The average Bonchev–Trinajstić information content (AvgIpc) is 3.52. The normalized spacial score (nSPS) is 13.0. The fourth-order valence-corrected chi connectivity index (χ4v) is 4.47. The van der Waals surface area contributed by atoms with Crippen LogP contribution < -0.4 is 15.5 Å². The number of amides is 2. The van der Waals surface area contributed by atoms with Gasteiger partial charge in [-0.2, -0.15) is 0 Å². The predicted octanol–water partition coefficient (Wildman–Crippen LogP) is 2.66. The van der Waals surface area contributed by atoms with Crippen LogP contribution in [0.25, 0.3) is 11.5 Å². The smallest absolute Gasteiger partial charge is 0.256 e. The summed E-state index contributed by atoms with van der Waals surface area (Å²) in [7, 11) is 1.79. The summed E-state index contributed by atoms with van der Waals surface area (Å²) in [5.74, 6) is 0.603. The highest BCUT2D eigenvalue weighted by Crippen LogP contribution is 2.28. The zero-order valence-corrected chi connectivity index (χ0v) is 22.8. The van der Waals surface area contributed by atoms with Gasteiger partial charge in [0.15, 0.2) is 0 Å². The molecule has 0 spiro atoms. The first-order chi connectivity index (χ1) is 18.2. The molecule has 0 saturated carbocycles. The number of rotatable bonds is 11. The summed E-state index contributed by atoms with van der Waals surface area (Å²) in [6.07, 6.45) is 0. The first-order valence-corrected chi connectivity index (χ1v) is 13.0. The maximum absolute atomic E-state index is 13.5. The van der Waals surface area contributed by atoms with Crippen molar-refractivity contribution in [3.05, 3.63) is 65.0 Å². The summed E-state index contributed by atoms with van der Waals surface area (Å²) in [6.45, 7) is 10.4. The Kier molecular flexibility index (Phi) is 8.75. The van der Waals surface area contributed by atoms with E-state index in [0.29, 0.717) is 44.0 Å². The van der Waals surface area contributed by atoms with E-state index >= 15 is 0 Å². The van der Waals surface area contributed by atoms with Crippen molar-refractivity contribution in [1.82, 2.24) is 30.8 Å². The van der Waals surface area contributed by atoms with Gasteiger partial charge >= 0.3 is 0 Å². The van der Waals surface area contributed by atoms with Gasteiger partial charge in [0, 0.05) is 57.4 Å². The first kappa shape index (κ1) is 27.3. The number of benzene rings is 2. The van der Waals surface area contributed by atoms with Crippen molar-refractivity contribution < 1.29 is 14.0 Å². The summed E-state index contributed by atoms with van der Waals surface area (Å²) < 4.78 is 5.62. The lowest BCUT2D eigenvalue weighted by molar-refractivity contribution is -0.145. The number of anilines is 1. The van der Waals surface area contributed by atoms with Crippen LogP contribution in [0.2, 0.25) is 0 Å². The largest absolute Gasteiger partial charge is 0.421 e. The van der Waals surface area contributed by atoms with Crippen molar-refractivity contribution in [2.75, 3.05) is 38.1 Å². The van der Waals surface area contributed by atoms with Gasteiger partial charge in [0.25, 0.3) is 5.91 Å². The van der Waals surface area contributed by atoms with Crippen LogP contribution in [0.4, 0.5) is 5.69 Å². The lowest BCUT2D eigenvalue weighted by Crippen LogP contribution is -2.48. The summed E-state index contributed by atoms with van der Waals surface area (Å²) in [5, 5.41) is 18.0. The summed E-state index contributed by atoms with van der Waals surface area (Å²) in [6, 6.07) is 14.3. The van der Waals surface area contributed by atoms with Crippen molar-refractivity contribution in [1.29, 1.82) is 0 Å². The molecule has 0 atom stereocenters. The van der Waals surface area contributed by atoms with E-state index < -0.39 is 0 Å². The Bertz CT molecular complexity index is 1250. The third-order valence-corrected chi connectivity index (χ3v) is 6.59. The standard InChI is InChI=1S/C28H37N7O3/c1-19(2)29-12-13-30-26(36)17-34(25-14-22(11-10-20(25)3)28-32-31-21(4)38-28)18-27(37)33(5)35-15-23-8-6-7-9-24(23)16-35/h6-11,14,19,29H,12-13,15-18H2,1-5H3,(H,30,36). The zero-order chi connectivity index (χ0) is 27.2. The third kappa shape index (κ3) is 6.76. The molecule has 4 rings (SSSR count). The number of carbonyl (C=O) groups is 2. The minimum absolute atomic E-state index is 0.0359. The van der Waals surface area contributed by atoms with E-state index in [9.17, 15) is 9.59 Å². The summed E-state index contributed by atoms with van der Waals surface area (Å²) in [5.41, 5.74) is 4.87. The predicted molar refractivity (Wildman–Crippen MR) is 146 cm³/mol. The molecule has 1 aromatic heterocycles. The Hall–Kier alpha value is -3.76. The Morgan fingerprint density at radius 1 is 1.03 bits per heavy atom. The molecule has 10 heteroatoms. The number of hydrogen-bond acceptors (Lipinski definition) is 8. The molecule has 2 amide bonds. The highest BCUT2D eigenvalue weighted by Gasteiger charge is 2.27. The van der Waals surface area contributed by atoms with Crippen molar-refractivity contribution in [2.24, 2.45) is 0 Å². The Balaban J connectivity index is 1.52. The Morgan fingerprint density at radius 3 is 2.37 bits per heavy atom. The molecule has 2 N–H and O–H groups in total. The molecule has 1 aliphatic heterocycles. The minimum Gasteiger partial charge on any atom is -0.421 e. The van der Waals surface area contributed by atoms with E-state index in [4.69, 9.17) is 4.42 Å². The van der Waals surface area contributed by atoms with Crippen molar-refractivity contribution in [2.45, 2.75) is 46.8 Å². The van der Waals surface area contributed by atoms with Gasteiger partial charge in [0.2, 0.25) is 17.7 Å². The quantitative estimate of drug-likeness (QED) is 0.373. The van der Waals surface area contributed by atoms with E-state index in [-0.39, 0.29) is 24.9 Å². The van der Waals surface area contributed by atoms with Crippen molar-refractivity contribution >= 4 is 17.5 Å². The summed E-state index contributed by atoms with van der Waals surface area (Å²) in [4.78, 5) is 28.3. The molecule has 2 heterocycles. The molecule has 0 saturated heterocycles. The topological polar surface area (TPSA) is 107 Å². The van der Waals surface area contributed by atoms with Gasteiger partial charge < -0.3 is 20.0 Å². The second-order valence-corrected chi connectivity index (χ2v) is 9.95. The highest BCUT2D eigenvalue weighted by atomic mass is 16.4. The van der Waals surface area contributed by atoms with Gasteiger partial charge in [0.1, 0.15) is 0 Å². The number of fused-ring (bicyclic) bond motifs is 1. The molecule has 10 nitrogen and oxygen atoms in total. The van der Waals surface area contributed by atoms with Crippen LogP contribution in [0.3, 0.4) is 0 Å². The lowest BCUT2D eigenvalue weighted by atomic mass is 10.1. The van der Waals surface area contributed by atoms with Gasteiger partial charge in [-0.25, -0.2) is 5.01 Å². The molecule has 2 aromatic carbocycles. The van der Waals surface area contributed by atoms with Crippen LogP contribution in [0.15, 0.2) is 46.9 Å². The number of likely N-dealkylation sites (N-methyl/N-ethyl adjacent to an activating group) is 1. The van der Waals surface area contributed by atoms with Crippen LogP contribution >= 0.6 is 0 Å². The molecule has 38 heavy (non-hydrogen) atoms. The zero-order valence-electron chi connectivity index (χ0n) is 22.8. The van der Waals surface area contributed by atoms with Crippen LogP contribution in [0.5, 0.6) is 0 Å². The third-order valence-electron chi connectivity index (χ3n) is 6.59. The van der Waals surface area contributed by atoms with Crippen molar-refractivity contribution in [3.8, 4) is 11.5 Å². The molecule has 0 radical (unpaired) electrons. The van der Waals surface area contributed by atoms with E-state index in [2.05, 4.69) is 46.8 Å². The lowest BCUT2D eigenvalue weighted by Gasteiger charge is -2.32. The number of nitrogens with zero attached hydrogens (tertiary/aromatic N) is 5. The SMILES string of the molecule is Cc1nnc(-c2ccc(C)c(N(CC(=O)NCCNC(C)C)CC(=O)N(C)N3Cc4ccccc4C3)c2)o1. The molecule has 0 fully saturated rings. The monoisotopic (exact) mass is 519 g/mol. The molecular formula is C28H37N7O3. The van der Waals surface area contributed by atoms with Gasteiger partial charge in [-0.05, 0) is 35.7 Å².